The van der Waals surface area contributed by atoms with Crippen LogP contribution in [0.15, 0.2) is 36.5 Å². The van der Waals surface area contributed by atoms with Crippen LogP contribution in [0, 0.1) is 5.92 Å². The van der Waals surface area contributed by atoms with Gasteiger partial charge in [0.15, 0.2) is 0 Å². The number of hydrogen-bond donors (Lipinski definition) is 0. The normalized spacial score (nSPS) is 17.4. The first-order chi connectivity index (χ1) is 11.9. The molecular weight excluding hydrogens is 324 g/mol. The van der Waals surface area contributed by atoms with Crippen LogP contribution in [0.5, 0.6) is 0 Å². The van der Waals surface area contributed by atoms with E-state index in [9.17, 15) is 14.4 Å². The largest absolute Gasteiger partial charge is 0.468 e. The zero-order valence-corrected chi connectivity index (χ0v) is 14.8. The van der Waals surface area contributed by atoms with Crippen LogP contribution in [0.4, 0.5) is 4.79 Å². The SMILES string of the molecule is COC(=O)CN1C(=O)C(C(C)C)N(C(=O)OC)C=C1c1ccccc1. The van der Waals surface area contributed by atoms with Crippen molar-refractivity contribution in [2.75, 3.05) is 20.8 Å². The van der Waals surface area contributed by atoms with Gasteiger partial charge in [-0.05, 0) is 11.5 Å². The second-order valence-electron chi connectivity index (χ2n) is 5.95. The maximum Gasteiger partial charge on any atom is 0.414 e. The molecule has 0 aromatic heterocycles. The van der Waals surface area contributed by atoms with Crippen LogP contribution in [-0.4, -0.2) is 54.6 Å². The summed E-state index contributed by atoms with van der Waals surface area (Å²) in [5, 5.41) is 0. The van der Waals surface area contributed by atoms with Gasteiger partial charge in [-0.25, -0.2) is 4.79 Å². The second kappa shape index (κ2) is 7.83. The summed E-state index contributed by atoms with van der Waals surface area (Å²) in [6, 6.07) is 8.31. The zero-order valence-electron chi connectivity index (χ0n) is 14.8. The summed E-state index contributed by atoms with van der Waals surface area (Å²) in [6.07, 6.45) is 0.925. The van der Waals surface area contributed by atoms with Gasteiger partial charge in [-0.15, -0.1) is 0 Å². The monoisotopic (exact) mass is 346 g/mol. The van der Waals surface area contributed by atoms with Crippen molar-refractivity contribution in [3.8, 4) is 0 Å². The number of methoxy groups -OCH3 is 2. The van der Waals surface area contributed by atoms with Crippen molar-refractivity contribution >= 4 is 23.7 Å². The van der Waals surface area contributed by atoms with Crippen molar-refractivity contribution < 1.29 is 23.9 Å². The number of esters is 1. The van der Waals surface area contributed by atoms with Crippen LogP contribution in [0.2, 0.25) is 0 Å². The van der Waals surface area contributed by atoms with Crippen molar-refractivity contribution in [3.05, 3.63) is 42.1 Å². The average Bonchev–Trinajstić information content (AvgIpc) is 2.62. The van der Waals surface area contributed by atoms with Crippen molar-refractivity contribution in [2.24, 2.45) is 5.92 Å². The summed E-state index contributed by atoms with van der Waals surface area (Å²) in [5.41, 5.74) is 1.15. The van der Waals surface area contributed by atoms with E-state index in [1.54, 1.807) is 18.3 Å². The molecule has 7 nitrogen and oxygen atoms in total. The van der Waals surface area contributed by atoms with Gasteiger partial charge in [0.1, 0.15) is 12.6 Å². The van der Waals surface area contributed by atoms with Gasteiger partial charge < -0.3 is 9.47 Å². The lowest BCUT2D eigenvalue weighted by atomic mass is 9.97. The lowest BCUT2D eigenvalue weighted by Crippen LogP contribution is -2.55. The van der Waals surface area contributed by atoms with Crippen molar-refractivity contribution in [3.63, 3.8) is 0 Å². The number of benzene rings is 1. The Kier molecular flexibility index (Phi) is 5.80. The van der Waals surface area contributed by atoms with Crippen LogP contribution in [0.1, 0.15) is 19.4 Å². The van der Waals surface area contributed by atoms with Gasteiger partial charge in [0, 0.05) is 6.20 Å². The molecule has 0 N–H and O–H groups in total. The Labute approximate surface area is 146 Å². The predicted molar refractivity (Wildman–Crippen MR) is 91.0 cm³/mol. The number of carbonyl (C=O) groups is 3. The van der Waals surface area contributed by atoms with Crippen LogP contribution in [-0.2, 0) is 19.1 Å². The van der Waals surface area contributed by atoms with Crippen LogP contribution in [0.3, 0.4) is 0 Å². The van der Waals surface area contributed by atoms with E-state index in [-0.39, 0.29) is 18.4 Å². The molecule has 1 aromatic carbocycles. The molecule has 1 aliphatic rings. The maximum atomic E-state index is 13.1. The summed E-state index contributed by atoms with van der Waals surface area (Å²) < 4.78 is 9.53. The topological polar surface area (TPSA) is 76.2 Å². The zero-order chi connectivity index (χ0) is 18.6. The van der Waals surface area contributed by atoms with Gasteiger partial charge >= 0.3 is 12.1 Å². The number of nitrogens with zero attached hydrogens (tertiary/aromatic N) is 2. The smallest absolute Gasteiger partial charge is 0.414 e. The number of carbonyl (C=O) groups excluding carboxylic acids is 3. The summed E-state index contributed by atoms with van der Waals surface area (Å²) in [5.74, 6) is -1.06. The summed E-state index contributed by atoms with van der Waals surface area (Å²) in [7, 11) is 2.53. The Morgan fingerprint density at radius 2 is 1.76 bits per heavy atom. The minimum atomic E-state index is -0.760. The molecule has 2 amide bonds. The molecule has 1 heterocycles. The molecule has 2 rings (SSSR count). The summed E-state index contributed by atoms with van der Waals surface area (Å²) >= 11 is 0. The van der Waals surface area contributed by atoms with Crippen molar-refractivity contribution in [2.45, 2.75) is 19.9 Å². The lowest BCUT2D eigenvalue weighted by molar-refractivity contribution is -0.147. The van der Waals surface area contributed by atoms with Crippen molar-refractivity contribution in [1.29, 1.82) is 0 Å². The molecule has 0 fully saturated rings. The molecule has 7 heteroatoms. The number of rotatable bonds is 4. The third kappa shape index (κ3) is 3.81. The Hall–Kier alpha value is -2.83. The molecule has 0 spiro atoms. The van der Waals surface area contributed by atoms with Crippen LogP contribution in [0.25, 0.3) is 5.70 Å². The number of amides is 2. The average molecular weight is 346 g/mol. The molecule has 25 heavy (non-hydrogen) atoms. The van der Waals surface area contributed by atoms with Gasteiger partial charge in [-0.2, -0.15) is 0 Å². The quantitative estimate of drug-likeness (QED) is 0.780. The fourth-order valence-corrected chi connectivity index (χ4v) is 2.75. The molecule has 1 aromatic rings. The van der Waals surface area contributed by atoms with Crippen molar-refractivity contribution in [1.82, 2.24) is 9.80 Å². The Bertz CT molecular complexity index is 684. The van der Waals surface area contributed by atoms with Gasteiger partial charge in [0.25, 0.3) is 5.91 Å². The van der Waals surface area contributed by atoms with Gasteiger partial charge in [-0.1, -0.05) is 44.2 Å². The second-order valence-corrected chi connectivity index (χ2v) is 5.95. The molecule has 0 saturated heterocycles. The highest BCUT2D eigenvalue weighted by Crippen LogP contribution is 2.30. The van der Waals surface area contributed by atoms with Gasteiger partial charge in [-0.3, -0.25) is 19.4 Å². The fraction of sp³-hybridized carbons (Fsp3) is 0.389. The first-order valence-electron chi connectivity index (χ1n) is 7.92. The van der Waals surface area contributed by atoms with Crippen LogP contribution >= 0.6 is 0 Å². The molecule has 134 valence electrons. The Balaban J connectivity index is 2.57. The summed E-state index contributed by atoms with van der Waals surface area (Å²) in [6.45, 7) is 3.43. The highest BCUT2D eigenvalue weighted by atomic mass is 16.5. The summed E-state index contributed by atoms with van der Waals surface area (Å²) in [4.78, 5) is 39.7. The third-order valence-electron chi connectivity index (χ3n) is 3.97. The number of ether oxygens (including phenoxy) is 2. The highest BCUT2D eigenvalue weighted by Gasteiger charge is 2.41. The van der Waals surface area contributed by atoms with E-state index in [4.69, 9.17) is 9.47 Å². The van der Waals surface area contributed by atoms with Gasteiger partial charge in [0.05, 0.1) is 19.9 Å². The standard InChI is InChI=1S/C18H22N2O5/c1-12(2)16-17(22)19(11-15(21)24-3)14(10-20(16)18(23)25-4)13-8-6-5-7-9-13/h5-10,12,16H,11H2,1-4H3. The predicted octanol–water partition coefficient (Wildman–Crippen LogP) is 2.09. The minimum absolute atomic E-state index is 0.166. The molecule has 1 aliphatic heterocycles. The third-order valence-corrected chi connectivity index (χ3v) is 3.97. The minimum Gasteiger partial charge on any atom is -0.468 e. The van der Waals surface area contributed by atoms with E-state index in [1.165, 1.54) is 24.0 Å². The first-order valence-corrected chi connectivity index (χ1v) is 7.92. The molecular formula is C18H22N2O5. The molecule has 0 radical (unpaired) electrons. The maximum absolute atomic E-state index is 13.1. The molecule has 1 atom stereocenters. The van der Waals surface area contributed by atoms with E-state index >= 15 is 0 Å². The molecule has 1 unspecified atom stereocenters. The van der Waals surface area contributed by atoms with E-state index in [0.717, 1.165) is 0 Å². The van der Waals surface area contributed by atoms with E-state index < -0.39 is 18.1 Å². The molecule has 0 aliphatic carbocycles. The Morgan fingerprint density at radius 1 is 1.12 bits per heavy atom. The van der Waals surface area contributed by atoms with E-state index in [2.05, 4.69) is 0 Å². The lowest BCUT2D eigenvalue weighted by Gasteiger charge is -2.40. The highest BCUT2D eigenvalue weighted by molar-refractivity contribution is 5.98. The first kappa shape index (κ1) is 18.5. The number of hydrogen-bond acceptors (Lipinski definition) is 5. The molecule has 0 bridgehead atoms. The van der Waals surface area contributed by atoms with E-state index in [1.807, 2.05) is 32.0 Å². The van der Waals surface area contributed by atoms with Crippen LogP contribution < -0.4 is 0 Å². The molecule has 0 saturated carbocycles. The van der Waals surface area contributed by atoms with E-state index in [0.29, 0.717) is 11.3 Å². The Morgan fingerprint density at radius 3 is 2.28 bits per heavy atom. The van der Waals surface area contributed by atoms with Gasteiger partial charge in [0.2, 0.25) is 0 Å². The fourth-order valence-electron chi connectivity index (χ4n) is 2.75.